The van der Waals surface area contributed by atoms with Crippen molar-refractivity contribution in [3.8, 4) is 0 Å². The van der Waals surface area contributed by atoms with Crippen LogP contribution in [0.5, 0.6) is 0 Å². The molecule has 0 aliphatic rings. The molecule has 1 N–H and O–H groups in total. The van der Waals surface area contributed by atoms with Gasteiger partial charge >= 0.3 is 5.97 Å². The van der Waals surface area contributed by atoms with E-state index in [-0.39, 0.29) is 12.0 Å². The predicted molar refractivity (Wildman–Crippen MR) is 71.5 cm³/mol. The van der Waals surface area contributed by atoms with Crippen LogP contribution in [0.25, 0.3) is 10.9 Å². The van der Waals surface area contributed by atoms with E-state index in [1.165, 1.54) is 7.11 Å². The summed E-state index contributed by atoms with van der Waals surface area (Å²) in [6.07, 6.45) is 2.60. The zero-order valence-electron chi connectivity index (χ0n) is 10.9. The third-order valence-corrected chi connectivity index (χ3v) is 3.18. The van der Waals surface area contributed by atoms with Gasteiger partial charge in [0.1, 0.15) is 6.04 Å². The number of carbonyl (C=O) groups excluding carboxylic acids is 1. The molecular formula is C14H18N2O2. The fraction of sp³-hybridized carbons (Fsp3) is 0.357. The largest absolute Gasteiger partial charge is 0.468 e. The highest BCUT2D eigenvalue weighted by atomic mass is 16.5. The number of carbonyl (C=O) groups is 1. The Morgan fingerprint density at radius 3 is 2.78 bits per heavy atom. The second-order valence-electron chi connectivity index (χ2n) is 4.57. The number of hydrogen-bond donors (Lipinski definition) is 1. The summed E-state index contributed by atoms with van der Waals surface area (Å²) in [5, 5.41) is 1.16. The smallest absolute Gasteiger partial charge is 0.323 e. The maximum atomic E-state index is 11.7. The molecule has 0 radical (unpaired) electrons. The number of para-hydroxylation sites is 1. The molecule has 0 aliphatic heterocycles. The SMILES string of the molecule is COC(=O)[C@H](Cc1c[nH]c2ccccc12)N(C)C. The first-order chi connectivity index (χ1) is 8.63. The van der Waals surface area contributed by atoms with Gasteiger partial charge in [-0.15, -0.1) is 0 Å². The molecule has 4 nitrogen and oxygen atoms in total. The van der Waals surface area contributed by atoms with Gasteiger partial charge in [0.2, 0.25) is 0 Å². The van der Waals surface area contributed by atoms with Crippen molar-refractivity contribution in [1.29, 1.82) is 0 Å². The first-order valence-corrected chi connectivity index (χ1v) is 5.92. The minimum Gasteiger partial charge on any atom is -0.468 e. The Balaban J connectivity index is 2.29. The van der Waals surface area contributed by atoms with Gasteiger partial charge in [0.15, 0.2) is 0 Å². The van der Waals surface area contributed by atoms with Crippen molar-refractivity contribution >= 4 is 16.9 Å². The monoisotopic (exact) mass is 246 g/mol. The number of benzene rings is 1. The van der Waals surface area contributed by atoms with Gasteiger partial charge in [-0.1, -0.05) is 18.2 Å². The van der Waals surface area contributed by atoms with Gasteiger partial charge < -0.3 is 9.72 Å². The number of ether oxygens (including phenoxy) is 1. The molecule has 0 fully saturated rings. The summed E-state index contributed by atoms with van der Waals surface area (Å²) in [6, 6.07) is 7.83. The highest BCUT2D eigenvalue weighted by Crippen LogP contribution is 2.20. The Labute approximate surface area is 107 Å². The van der Waals surface area contributed by atoms with Crippen LogP contribution >= 0.6 is 0 Å². The van der Waals surface area contributed by atoms with Crippen LogP contribution in [-0.4, -0.2) is 43.1 Å². The number of likely N-dealkylation sites (N-methyl/N-ethyl adjacent to an activating group) is 1. The second kappa shape index (κ2) is 5.23. The summed E-state index contributed by atoms with van der Waals surface area (Å²) >= 11 is 0. The number of methoxy groups -OCH3 is 1. The third kappa shape index (κ3) is 2.38. The second-order valence-corrected chi connectivity index (χ2v) is 4.57. The average molecular weight is 246 g/mol. The summed E-state index contributed by atoms with van der Waals surface area (Å²) in [5.74, 6) is -0.203. The fourth-order valence-electron chi connectivity index (χ4n) is 2.12. The summed E-state index contributed by atoms with van der Waals surface area (Å²) in [4.78, 5) is 16.8. The van der Waals surface area contributed by atoms with Crippen LogP contribution in [0.4, 0.5) is 0 Å². The standard InChI is InChI=1S/C14H18N2O2/c1-16(2)13(14(17)18-3)8-10-9-15-12-7-5-4-6-11(10)12/h4-7,9,13,15H,8H2,1-3H3/t13-/m0/s1. The molecular weight excluding hydrogens is 228 g/mol. The fourth-order valence-corrected chi connectivity index (χ4v) is 2.12. The normalized spacial score (nSPS) is 12.9. The number of aromatic amines is 1. The van der Waals surface area contributed by atoms with Crippen molar-refractivity contribution < 1.29 is 9.53 Å². The van der Waals surface area contributed by atoms with Crippen molar-refractivity contribution in [2.45, 2.75) is 12.5 Å². The molecule has 1 aromatic heterocycles. The van der Waals surface area contributed by atoms with E-state index >= 15 is 0 Å². The molecule has 1 heterocycles. The minimum absolute atomic E-state index is 0.203. The summed E-state index contributed by atoms with van der Waals surface area (Å²) in [6.45, 7) is 0. The van der Waals surface area contributed by atoms with Crippen molar-refractivity contribution in [3.05, 3.63) is 36.0 Å². The zero-order valence-corrected chi connectivity index (χ0v) is 10.9. The number of esters is 1. The Bertz CT molecular complexity index is 545. The highest BCUT2D eigenvalue weighted by molar-refractivity contribution is 5.84. The van der Waals surface area contributed by atoms with E-state index < -0.39 is 0 Å². The van der Waals surface area contributed by atoms with Gasteiger partial charge in [-0.3, -0.25) is 9.69 Å². The van der Waals surface area contributed by atoms with Crippen LogP contribution < -0.4 is 0 Å². The number of rotatable bonds is 4. The van der Waals surface area contributed by atoms with E-state index in [1.807, 2.05) is 43.4 Å². The number of H-pyrrole nitrogens is 1. The predicted octanol–water partition coefficient (Wildman–Crippen LogP) is 1.81. The van der Waals surface area contributed by atoms with Gasteiger partial charge in [-0.25, -0.2) is 0 Å². The topological polar surface area (TPSA) is 45.3 Å². The summed E-state index contributed by atoms with van der Waals surface area (Å²) < 4.78 is 4.84. The number of nitrogens with zero attached hydrogens (tertiary/aromatic N) is 1. The molecule has 1 atom stereocenters. The van der Waals surface area contributed by atoms with E-state index in [1.54, 1.807) is 0 Å². The van der Waals surface area contributed by atoms with Crippen LogP contribution in [0, 0.1) is 0 Å². The van der Waals surface area contributed by atoms with Crippen LogP contribution in [-0.2, 0) is 16.0 Å². The van der Waals surface area contributed by atoms with Crippen molar-refractivity contribution in [3.63, 3.8) is 0 Å². The molecule has 0 saturated heterocycles. The number of nitrogens with one attached hydrogen (secondary N) is 1. The molecule has 0 spiro atoms. The third-order valence-electron chi connectivity index (χ3n) is 3.18. The zero-order chi connectivity index (χ0) is 13.1. The van der Waals surface area contributed by atoms with Crippen molar-refractivity contribution in [2.75, 3.05) is 21.2 Å². The molecule has 0 unspecified atom stereocenters. The lowest BCUT2D eigenvalue weighted by atomic mass is 10.0. The first kappa shape index (κ1) is 12.6. The van der Waals surface area contributed by atoms with Gasteiger partial charge in [-0.2, -0.15) is 0 Å². The quantitative estimate of drug-likeness (QED) is 0.837. The van der Waals surface area contributed by atoms with E-state index in [4.69, 9.17) is 4.74 Å². The van der Waals surface area contributed by atoms with Gasteiger partial charge in [0.25, 0.3) is 0 Å². The number of hydrogen-bond acceptors (Lipinski definition) is 3. The van der Waals surface area contributed by atoms with Crippen LogP contribution in [0.2, 0.25) is 0 Å². The summed E-state index contributed by atoms with van der Waals surface area (Å²) in [7, 11) is 5.20. The number of fused-ring (bicyclic) bond motifs is 1. The van der Waals surface area contributed by atoms with E-state index in [0.29, 0.717) is 6.42 Å². The number of aromatic nitrogens is 1. The molecule has 2 aromatic rings. The maximum Gasteiger partial charge on any atom is 0.323 e. The van der Waals surface area contributed by atoms with E-state index in [9.17, 15) is 4.79 Å². The van der Waals surface area contributed by atoms with Crippen LogP contribution in [0.1, 0.15) is 5.56 Å². The molecule has 0 aliphatic carbocycles. The Kier molecular flexibility index (Phi) is 3.67. The highest BCUT2D eigenvalue weighted by Gasteiger charge is 2.22. The van der Waals surface area contributed by atoms with E-state index in [0.717, 1.165) is 16.5 Å². The first-order valence-electron chi connectivity index (χ1n) is 5.92. The van der Waals surface area contributed by atoms with Crippen molar-refractivity contribution in [2.24, 2.45) is 0 Å². The molecule has 2 rings (SSSR count). The molecule has 1 aromatic carbocycles. The molecule has 0 saturated carbocycles. The Hall–Kier alpha value is -1.81. The molecule has 0 amide bonds. The lowest BCUT2D eigenvalue weighted by Crippen LogP contribution is -2.38. The summed E-state index contributed by atoms with van der Waals surface area (Å²) in [5.41, 5.74) is 2.23. The maximum absolute atomic E-state index is 11.7. The molecule has 18 heavy (non-hydrogen) atoms. The van der Waals surface area contributed by atoms with Crippen molar-refractivity contribution in [1.82, 2.24) is 9.88 Å². The molecule has 4 heteroatoms. The van der Waals surface area contributed by atoms with Gasteiger partial charge in [0, 0.05) is 23.5 Å². The molecule has 96 valence electrons. The van der Waals surface area contributed by atoms with E-state index in [2.05, 4.69) is 11.1 Å². The van der Waals surface area contributed by atoms with Crippen LogP contribution in [0.3, 0.4) is 0 Å². The average Bonchev–Trinajstić information content (AvgIpc) is 2.78. The molecule has 0 bridgehead atoms. The Morgan fingerprint density at radius 2 is 2.11 bits per heavy atom. The lowest BCUT2D eigenvalue weighted by Gasteiger charge is -2.21. The van der Waals surface area contributed by atoms with Gasteiger partial charge in [0.05, 0.1) is 7.11 Å². The minimum atomic E-state index is -0.255. The van der Waals surface area contributed by atoms with Crippen LogP contribution in [0.15, 0.2) is 30.5 Å². The van der Waals surface area contributed by atoms with Gasteiger partial charge in [-0.05, 0) is 25.7 Å². The Morgan fingerprint density at radius 1 is 1.39 bits per heavy atom. The lowest BCUT2D eigenvalue weighted by molar-refractivity contribution is -0.145.